The maximum absolute atomic E-state index is 12.3. The Balaban J connectivity index is 0.00000140. The van der Waals surface area contributed by atoms with Gasteiger partial charge in [-0.05, 0) is 60.2 Å². The first-order valence-electron chi connectivity index (χ1n) is 9.09. The Labute approximate surface area is 187 Å². The molecule has 2 aliphatic rings. The van der Waals surface area contributed by atoms with Gasteiger partial charge in [-0.3, -0.25) is 9.69 Å². The molecule has 28 heavy (non-hydrogen) atoms. The quantitative estimate of drug-likeness (QED) is 0.640. The van der Waals surface area contributed by atoms with Crippen molar-refractivity contribution in [1.29, 1.82) is 0 Å². The van der Waals surface area contributed by atoms with Crippen molar-refractivity contribution in [3.05, 3.63) is 51.7 Å². The summed E-state index contributed by atoms with van der Waals surface area (Å²) in [5.41, 5.74) is 8.12. The Kier molecular flexibility index (Phi) is 8.26. The number of halogens is 2. The molecule has 4 rings (SSSR count). The molecule has 2 aromatic rings. The average Bonchev–Trinajstić information content (AvgIpc) is 3.25. The summed E-state index contributed by atoms with van der Waals surface area (Å²) in [4.78, 5) is 17.6. The minimum Gasteiger partial charge on any atom is -0.353 e. The van der Waals surface area contributed by atoms with Gasteiger partial charge in [0.25, 0.3) is 0 Å². The van der Waals surface area contributed by atoms with Crippen LogP contribution in [0.2, 0.25) is 0 Å². The molecule has 1 unspecified atom stereocenters. The molecule has 0 saturated heterocycles. The topological polar surface area (TPSA) is 58.4 Å². The van der Waals surface area contributed by atoms with Crippen LogP contribution in [0.3, 0.4) is 0 Å². The molecule has 1 saturated carbocycles. The number of carbonyl (C=O) groups is 1. The Bertz CT molecular complexity index is 793. The van der Waals surface area contributed by atoms with Gasteiger partial charge in [-0.25, -0.2) is 0 Å². The van der Waals surface area contributed by atoms with Gasteiger partial charge >= 0.3 is 0 Å². The van der Waals surface area contributed by atoms with E-state index in [1.807, 2.05) is 11.3 Å². The molecule has 1 amide bonds. The predicted molar refractivity (Wildman–Crippen MR) is 123 cm³/mol. The van der Waals surface area contributed by atoms with E-state index in [4.69, 9.17) is 5.73 Å². The number of hydrogen-bond acceptors (Lipinski definition) is 5. The van der Waals surface area contributed by atoms with Gasteiger partial charge in [0.05, 0.1) is 11.6 Å². The largest absolute Gasteiger partial charge is 0.353 e. The summed E-state index contributed by atoms with van der Waals surface area (Å²) in [6, 6.07) is 11.1. The molecule has 0 radical (unpaired) electrons. The van der Waals surface area contributed by atoms with Crippen molar-refractivity contribution >= 4 is 53.8 Å². The lowest BCUT2D eigenvalue weighted by Crippen LogP contribution is -2.46. The summed E-state index contributed by atoms with van der Waals surface area (Å²) in [5, 5.41) is 5.30. The molecule has 1 aliphatic heterocycles. The summed E-state index contributed by atoms with van der Waals surface area (Å²) >= 11 is 3.60. The maximum atomic E-state index is 12.3. The van der Waals surface area contributed by atoms with Crippen LogP contribution in [-0.4, -0.2) is 35.7 Å². The number of nitrogens with two attached hydrogens (primary N) is 1. The number of hydrogen-bond donors (Lipinski definition) is 2. The third kappa shape index (κ3) is 5.04. The normalized spacial score (nSPS) is 18.2. The highest BCUT2D eigenvalue weighted by molar-refractivity contribution is 7.98. The molecule has 3 N–H and O–H groups in total. The zero-order valence-electron chi connectivity index (χ0n) is 15.8. The molecule has 1 aliphatic carbocycles. The van der Waals surface area contributed by atoms with Gasteiger partial charge in [0, 0.05) is 29.4 Å². The highest BCUT2D eigenvalue weighted by atomic mass is 35.5. The number of benzene rings is 1. The maximum Gasteiger partial charge on any atom is 0.240 e. The second-order valence-electron chi connectivity index (χ2n) is 7.24. The number of fused-ring (bicyclic) bond motifs is 1. The predicted octanol–water partition coefficient (Wildman–Crippen LogP) is 4.02. The van der Waals surface area contributed by atoms with Crippen molar-refractivity contribution in [2.45, 2.75) is 42.3 Å². The van der Waals surface area contributed by atoms with E-state index in [9.17, 15) is 4.79 Å². The lowest BCUT2D eigenvalue weighted by Gasteiger charge is -2.35. The summed E-state index contributed by atoms with van der Waals surface area (Å²) < 4.78 is 0. The standard InChI is InChI=1S/C20H25N3OS2.2ClH/c1-25-16-4-2-14(3-5-16)17(12-22-19(24)20(21)8-9-20)23-10-6-18-15(13-23)7-11-26-18;;/h2-5,7,11,17H,6,8-10,12-13,21H2,1H3,(H,22,24);2*1H. The van der Waals surface area contributed by atoms with Crippen molar-refractivity contribution in [3.63, 3.8) is 0 Å². The van der Waals surface area contributed by atoms with Crippen LogP contribution in [0.1, 0.15) is 34.9 Å². The lowest BCUT2D eigenvalue weighted by atomic mass is 10.0. The number of amides is 1. The Morgan fingerprint density at radius 2 is 2.00 bits per heavy atom. The average molecular weight is 460 g/mol. The van der Waals surface area contributed by atoms with E-state index >= 15 is 0 Å². The van der Waals surface area contributed by atoms with Crippen molar-refractivity contribution < 1.29 is 4.79 Å². The number of thioether (sulfide) groups is 1. The summed E-state index contributed by atoms with van der Waals surface area (Å²) in [6.07, 6.45) is 4.77. The smallest absolute Gasteiger partial charge is 0.240 e. The van der Waals surface area contributed by atoms with E-state index in [-0.39, 0.29) is 36.8 Å². The number of nitrogens with one attached hydrogen (secondary N) is 1. The Morgan fingerprint density at radius 3 is 2.64 bits per heavy atom. The second kappa shape index (κ2) is 9.83. The molecular weight excluding hydrogens is 433 g/mol. The van der Waals surface area contributed by atoms with E-state index in [0.29, 0.717) is 6.54 Å². The SMILES string of the molecule is CSc1ccc(C(CNC(=O)C2(N)CC2)N2CCc3sccc3C2)cc1.Cl.Cl. The third-order valence-corrected chi connectivity index (χ3v) is 7.24. The van der Waals surface area contributed by atoms with Gasteiger partial charge in [0.1, 0.15) is 0 Å². The van der Waals surface area contributed by atoms with Crippen LogP contribution in [0, 0.1) is 0 Å². The van der Waals surface area contributed by atoms with Gasteiger partial charge in [0.15, 0.2) is 0 Å². The lowest BCUT2D eigenvalue weighted by molar-refractivity contribution is -0.123. The molecule has 0 spiro atoms. The van der Waals surface area contributed by atoms with Crippen LogP contribution in [0.5, 0.6) is 0 Å². The van der Waals surface area contributed by atoms with Crippen molar-refractivity contribution in [2.24, 2.45) is 5.73 Å². The van der Waals surface area contributed by atoms with Gasteiger partial charge < -0.3 is 11.1 Å². The molecule has 1 aromatic heterocycles. The van der Waals surface area contributed by atoms with E-state index < -0.39 is 5.54 Å². The molecule has 2 heterocycles. The van der Waals surface area contributed by atoms with Crippen LogP contribution < -0.4 is 11.1 Å². The fourth-order valence-corrected chi connectivity index (χ4v) is 4.85. The molecule has 0 bridgehead atoms. The minimum absolute atomic E-state index is 0. The van der Waals surface area contributed by atoms with Crippen LogP contribution >= 0.6 is 47.9 Å². The molecule has 1 aromatic carbocycles. The van der Waals surface area contributed by atoms with Gasteiger partial charge in [0.2, 0.25) is 5.91 Å². The molecule has 1 fully saturated rings. The summed E-state index contributed by atoms with van der Waals surface area (Å²) in [6.45, 7) is 2.57. The second-order valence-corrected chi connectivity index (χ2v) is 9.12. The number of carbonyl (C=O) groups excluding carboxylic acids is 1. The Morgan fingerprint density at radius 1 is 1.29 bits per heavy atom. The number of nitrogens with zero attached hydrogens (tertiary/aromatic N) is 1. The van der Waals surface area contributed by atoms with Crippen molar-refractivity contribution in [1.82, 2.24) is 10.2 Å². The van der Waals surface area contributed by atoms with Crippen LogP contribution in [0.25, 0.3) is 0 Å². The van der Waals surface area contributed by atoms with Crippen LogP contribution in [-0.2, 0) is 17.8 Å². The first kappa shape index (κ1) is 23.5. The number of thiophene rings is 1. The molecule has 154 valence electrons. The summed E-state index contributed by atoms with van der Waals surface area (Å²) in [5.74, 6) is -0.00327. The van der Waals surface area contributed by atoms with E-state index in [0.717, 1.165) is 32.4 Å². The molecular formula is C20H27Cl2N3OS2. The zero-order chi connectivity index (χ0) is 18.1. The monoisotopic (exact) mass is 459 g/mol. The third-order valence-electron chi connectivity index (χ3n) is 5.48. The van der Waals surface area contributed by atoms with Crippen molar-refractivity contribution in [2.75, 3.05) is 19.3 Å². The van der Waals surface area contributed by atoms with Crippen molar-refractivity contribution in [3.8, 4) is 0 Å². The van der Waals surface area contributed by atoms with Gasteiger partial charge in [-0.2, -0.15) is 0 Å². The number of rotatable bonds is 6. The highest BCUT2D eigenvalue weighted by Gasteiger charge is 2.46. The van der Waals surface area contributed by atoms with E-state index in [1.165, 1.54) is 20.9 Å². The fraction of sp³-hybridized carbons (Fsp3) is 0.450. The minimum atomic E-state index is -0.615. The molecule has 4 nitrogen and oxygen atoms in total. The van der Waals surface area contributed by atoms with Crippen LogP contribution in [0.15, 0.2) is 40.6 Å². The van der Waals surface area contributed by atoms with Gasteiger partial charge in [-0.1, -0.05) is 12.1 Å². The fourth-order valence-electron chi connectivity index (χ4n) is 3.55. The van der Waals surface area contributed by atoms with E-state index in [2.05, 4.69) is 52.2 Å². The van der Waals surface area contributed by atoms with Gasteiger partial charge in [-0.15, -0.1) is 47.9 Å². The van der Waals surface area contributed by atoms with Crippen LogP contribution in [0.4, 0.5) is 0 Å². The molecule has 8 heteroatoms. The Hall–Kier alpha value is -0.760. The first-order valence-corrected chi connectivity index (χ1v) is 11.2. The first-order chi connectivity index (χ1) is 12.6. The molecule has 1 atom stereocenters. The van der Waals surface area contributed by atoms with E-state index in [1.54, 1.807) is 11.8 Å². The zero-order valence-corrected chi connectivity index (χ0v) is 19.1. The summed E-state index contributed by atoms with van der Waals surface area (Å²) in [7, 11) is 0. The highest BCUT2D eigenvalue weighted by Crippen LogP contribution is 2.33.